The van der Waals surface area contributed by atoms with Crippen molar-refractivity contribution in [3.63, 3.8) is 0 Å². The van der Waals surface area contributed by atoms with Gasteiger partial charge in [-0.25, -0.2) is 4.79 Å². The normalized spacial score (nSPS) is 24.1. The lowest BCUT2D eigenvalue weighted by Crippen LogP contribution is -2.53. The first kappa shape index (κ1) is 16.6. The lowest BCUT2D eigenvalue weighted by Gasteiger charge is -2.34. The van der Waals surface area contributed by atoms with Crippen LogP contribution in [0.25, 0.3) is 11.4 Å². The number of pyridine rings is 1. The summed E-state index contributed by atoms with van der Waals surface area (Å²) < 4.78 is 5.22. The number of carbonyl (C=O) groups excluding carboxylic acids is 2. The molecule has 2 aromatic rings. The lowest BCUT2D eigenvalue weighted by atomic mass is 9.79. The van der Waals surface area contributed by atoms with E-state index in [-0.39, 0.29) is 24.3 Å². The Morgan fingerprint density at radius 2 is 2.15 bits per heavy atom. The molecule has 1 atom stereocenters. The predicted molar refractivity (Wildman–Crippen MR) is 90.6 cm³/mol. The van der Waals surface area contributed by atoms with Crippen LogP contribution in [-0.4, -0.2) is 50.6 Å². The molecule has 3 amide bonds. The minimum absolute atomic E-state index is 0.0432. The number of carbonyl (C=O) groups is 2. The fourth-order valence-electron chi connectivity index (χ4n) is 3.60. The zero-order valence-corrected chi connectivity index (χ0v) is 14.4. The Labute approximate surface area is 150 Å². The Hall–Kier alpha value is -2.81. The Morgan fingerprint density at radius 3 is 2.88 bits per heavy atom. The molecule has 4 heterocycles. The van der Waals surface area contributed by atoms with Crippen LogP contribution in [0.4, 0.5) is 4.79 Å². The van der Waals surface area contributed by atoms with Crippen molar-refractivity contribution in [2.24, 2.45) is 5.92 Å². The first-order valence-corrected chi connectivity index (χ1v) is 8.66. The van der Waals surface area contributed by atoms with Crippen molar-refractivity contribution in [1.29, 1.82) is 0 Å². The first-order valence-electron chi connectivity index (χ1n) is 8.66. The fraction of sp³-hybridized carbons (Fsp3) is 0.471. The van der Waals surface area contributed by atoms with E-state index in [0.717, 1.165) is 30.8 Å². The second-order valence-corrected chi connectivity index (χ2v) is 6.80. The summed E-state index contributed by atoms with van der Waals surface area (Å²) in [6, 6.07) is 3.16. The van der Waals surface area contributed by atoms with Gasteiger partial charge < -0.3 is 15.2 Å². The van der Waals surface area contributed by atoms with Gasteiger partial charge in [0.1, 0.15) is 12.1 Å². The van der Waals surface area contributed by atoms with E-state index >= 15 is 0 Å². The van der Waals surface area contributed by atoms with E-state index in [1.165, 1.54) is 0 Å². The van der Waals surface area contributed by atoms with E-state index in [1.54, 1.807) is 25.4 Å². The number of nitrogens with one attached hydrogen (secondary N) is 2. The summed E-state index contributed by atoms with van der Waals surface area (Å²) in [7, 11) is 0. The van der Waals surface area contributed by atoms with Crippen molar-refractivity contribution in [3.05, 3.63) is 30.4 Å². The molecular formula is C17H20N6O3. The molecule has 0 radical (unpaired) electrons. The fourth-order valence-corrected chi connectivity index (χ4v) is 3.60. The molecule has 0 aliphatic carbocycles. The highest BCUT2D eigenvalue weighted by atomic mass is 16.5. The van der Waals surface area contributed by atoms with Crippen LogP contribution in [0.3, 0.4) is 0 Å². The van der Waals surface area contributed by atoms with Crippen molar-refractivity contribution < 1.29 is 14.1 Å². The van der Waals surface area contributed by atoms with Gasteiger partial charge in [-0.15, -0.1) is 0 Å². The molecule has 136 valence electrons. The number of urea groups is 1. The Balaban J connectivity index is 1.51. The van der Waals surface area contributed by atoms with Crippen LogP contribution in [0.1, 0.15) is 25.7 Å². The summed E-state index contributed by atoms with van der Waals surface area (Å²) in [5.74, 6) is 0.456. The molecule has 0 unspecified atom stereocenters. The highest BCUT2D eigenvalue weighted by Crippen LogP contribution is 2.32. The van der Waals surface area contributed by atoms with E-state index in [9.17, 15) is 9.59 Å². The van der Waals surface area contributed by atoms with Gasteiger partial charge in [-0.05, 0) is 50.9 Å². The molecule has 2 aliphatic rings. The minimum Gasteiger partial charge on any atom is -0.337 e. The van der Waals surface area contributed by atoms with E-state index in [0.29, 0.717) is 11.4 Å². The van der Waals surface area contributed by atoms with Crippen molar-refractivity contribution >= 4 is 11.9 Å². The molecule has 9 heteroatoms. The van der Waals surface area contributed by atoms with Crippen LogP contribution in [0.2, 0.25) is 0 Å². The van der Waals surface area contributed by atoms with E-state index < -0.39 is 11.6 Å². The van der Waals surface area contributed by atoms with Crippen molar-refractivity contribution in [2.75, 3.05) is 13.1 Å². The third kappa shape index (κ3) is 2.84. The molecule has 26 heavy (non-hydrogen) atoms. The van der Waals surface area contributed by atoms with Crippen LogP contribution >= 0.6 is 0 Å². The van der Waals surface area contributed by atoms with Crippen LogP contribution in [0, 0.1) is 5.92 Å². The topological polar surface area (TPSA) is 113 Å². The molecule has 2 aromatic heterocycles. The number of rotatable bonds is 4. The Kier molecular flexibility index (Phi) is 4.15. The summed E-state index contributed by atoms with van der Waals surface area (Å²) in [6.07, 6.45) is 4.97. The zero-order valence-electron chi connectivity index (χ0n) is 14.4. The van der Waals surface area contributed by atoms with Gasteiger partial charge in [0.25, 0.3) is 5.91 Å². The number of amides is 3. The summed E-state index contributed by atoms with van der Waals surface area (Å²) in [5, 5.41) is 10.0. The van der Waals surface area contributed by atoms with Gasteiger partial charge in [-0.3, -0.25) is 14.7 Å². The largest absolute Gasteiger partial charge is 0.337 e. The van der Waals surface area contributed by atoms with Gasteiger partial charge in [0.2, 0.25) is 11.7 Å². The van der Waals surface area contributed by atoms with Gasteiger partial charge in [-0.1, -0.05) is 5.16 Å². The lowest BCUT2D eigenvalue weighted by molar-refractivity contribution is -0.133. The molecule has 2 N–H and O–H groups in total. The molecule has 2 aliphatic heterocycles. The van der Waals surface area contributed by atoms with E-state index in [1.807, 2.05) is 6.07 Å². The first-order chi connectivity index (χ1) is 12.6. The maximum atomic E-state index is 12.9. The highest BCUT2D eigenvalue weighted by Gasteiger charge is 2.52. The molecule has 2 saturated heterocycles. The standard InChI is InChI=1S/C17H20N6O3/c1-17(12-4-7-18-8-5-12)15(24)23(16(25)21-17)10-13-20-14(22-26-13)11-3-2-6-19-9-11/h2-3,6,9,12,18H,4-5,7-8,10H2,1H3,(H,21,25)/t17-/m1/s1. The van der Waals surface area contributed by atoms with Crippen LogP contribution < -0.4 is 10.6 Å². The quantitative estimate of drug-likeness (QED) is 0.784. The van der Waals surface area contributed by atoms with Crippen LogP contribution in [0.15, 0.2) is 29.0 Å². The monoisotopic (exact) mass is 356 g/mol. The van der Waals surface area contributed by atoms with Gasteiger partial charge in [-0.2, -0.15) is 4.98 Å². The Bertz CT molecular complexity index is 817. The number of hydrogen-bond acceptors (Lipinski definition) is 7. The summed E-state index contributed by atoms with van der Waals surface area (Å²) in [6.45, 7) is 3.46. The maximum absolute atomic E-state index is 12.9. The van der Waals surface area contributed by atoms with Crippen LogP contribution in [0.5, 0.6) is 0 Å². The molecule has 4 rings (SSSR count). The van der Waals surface area contributed by atoms with Crippen molar-refractivity contribution in [2.45, 2.75) is 31.8 Å². The maximum Gasteiger partial charge on any atom is 0.325 e. The Morgan fingerprint density at radius 1 is 1.35 bits per heavy atom. The average Bonchev–Trinajstić information content (AvgIpc) is 3.23. The SMILES string of the molecule is C[C@]1(C2CCNCC2)NC(=O)N(Cc2nc(-c3cccnc3)no2)C1=O. The zero-order chi connectivity index (χ0) is 18.1. The van der Waals surface area contributed by atoms with Gasteiger partial charge in [0, 0.05) is 18.0 Å². The third-order valence-corrected chi connectivity index (χ3v) is 5.14. The van der Waals surface area contributed by atoms with Crippen molar-refractivity contribution in [1.82, 2.24) is 30.7 Å². The summed E-state index contributed by atoms with van der Waals surface area (Å²) >= 11 is 0. The molecule has 0 bridgehead atoms. The second-order valence-electron chi connectivity index (χ2n) is 6.80. The van der Waals surface area contributed by atoms with Gasteiger partial charge in [0.05, 0.1) is 0 Å². The molecule has 0 spiro atoms. The predicted octanol–water partition coefficient (Wildman–Crippen LogP) is 0.942. The minimum atomic E-state index is -0.884. The highest BCUT2D eigenvalue weighted by molar-refractivity contribution is 6.06. The van der Waals surface area contributed by atoms with E-state index in [2.05, 4.69) is 25.8 Å². The number of piperidine rings is 1. The molecular weight excluding hydrogens is 336 g/mol. The van der Waals surface area contributed by atoms with E-state index in [4.69, 9.17) is 4.52 Å². The number of aromatic nitrogens is 3. The van der Waals surface area contributed by atoms with Gasteiger partial charge in [0.15, 0.2) is 0 Å². The second kappa shape index (κ2) is 6.49. The third-order valence-electron chi connectivity index (χ3n) is 5.14. The molecule has 2 fully saturated rings. The average molecular weight is 356 g/mol. The number of hydrogen-bond donors (Lipinski definition) is 2. The molecule has 9 nitrogen and oxygen atoms in total. The number of nitrogens with zero attached hydrogens (tertiary/aromatic N) is 4. The number of imide groups is 1. The van der Waals surface area contributed by atoms with Gasteiger partial charge >= 0.3 is 6.03 Å². The summed E-state index contributed by atoms with van der Waals surface area (Å²) in [5.41, 5.74) is -0.176. The molecule has 0 saturated carbocycles. The van der Waals surface area contributed by atoms with Crippen molar-refractivity contribution in [3.8, 4) is 11.4 Å². The summed E-state index contributed by atoms with van der Waals surface area (Å²) in [4.78, 5) is 34.8. The van der Waals surface area contributed by atoms with Crippen LogP contribution in [-0.2, 0) is 11.3 Å². The smallest absolute Gasteiger partial charge is 0.325 e. The molecule has 0 aromatic carbocycles.